The van der Waals surface area contributed by atoms with Crippen molar-refractivity contribution < 1.29 is 9.52 Å². The normalized spacial score (nSPS) is 22.1. The fourth-order valence-electron chi connectivity index (χ4n) is 3.84. The zero-order valence-corrected chi connectivity index (χ0v) is 12.7. The maximum absolute atomic E-state index is 11.9. The molecule has 1 saturated heterocycles. The first kappa shape index (κ1) is 14.0. The molecule has 2 aromatic rings. The summed E-state index contributed by atoms with van der Waals surface area (Å²) in [5.41, 5.74) is 4.16. The third kappa shape index (κ3) is 2.57. The number of hydrogen-bond donors (Lipinski definition) is 1. The number of aliphatic hydroxyl groups is 1. The minimum Gasteiger partial charge on any atom is -0.423 e. The molecule has 1 atom stereocenters. The maximum Gasteiger partial charge on any atom is 0.336 e. The van der Waals surface area contributed by atoms with Gasteiger partial charge in [0.2, 0.25) is 0 Å². The third-order valence-corrected chi connectivity index (χ3v) is 4.92. The van der Waals surface area contributed by atoms with Gasteiger partial charge in [0.15, 0.2) is 0 Å². The number of nitrogens with zero attached hydrogens (tertiary/aromatic N) is 1. The molecule has 22 heavy (non-hydrogen) atoms. The van der Waals surface area contributed by atoms with Gasteiger partial charge >= 0.3 is 5.63 Å². The highest BCUT2D eigenvalue weighted by Gasteiger charge is 2.20. The van der Waals surface area contributed by atoms with E-state index in [0.29, 0.717) is 18.7 Å². The fraction of sp³-hybridized carbons (Fsp3) is 0.500. The van der Waals surface area contributed by atoms with Crippen LogP contribution in [0.5, 0.6) is 0 Å². The van der Waals surface area contributed by atoms with Crippen molar-refractivity contribution in [1.29, 1.82) is 0 Å². The van der Waals surface area contributed by atoms with Gasteiger partial charge in [-0.25, -0.2) is 4.79 Å². The van der Waals surface area contributed by atoms with Gasteiger partial charge in [-0.3, -0.25) is 4.90 Å². The lowest BCUT2D eigenvalue weighted by atomic mass is 10.0. The van der Waals surface area contributed by atoms with Gasteiger partial charge in [0.05, 0.1) is 6.10 Å². The standard InChI is InChI=1S/C18H21NO3/c20-15-5-2-6-19(11-15)10-14-9-18(21)22-17-8-13-4-1-3-12(13)7-16(14)17/h7-9,15,20H,1-6,10-11H2. The zero-order chi connectivity index (χ0) is 15.1. The highest BCUT2D eigenvalue weighted by Crippen LogP contribution is 2.29. The molecule has 0 spiro atoms. The molecule has 1 unspecified atom stereocenters. The lowest BCUT2D eigenvalue weighted by Gasteiger charge is -2.30. The van der Waals surface area contributed by atoms with E-state index in [0.717, 1.165) is 43.2 Å². The first-order chi connectivity index (χ1) is 10.7. The smallest absolute Gasteiger partial charge is 0.336 e. The van der Waals surface area contributed by atoms with Crippen LogP contribution in [0.4, 0.5) is 0 Å². The molecule has 1 aliphatic carbocycles. The lowest BCUT2D eigenvalue weighted by molar-refractivity contribution is 0.0670. The highest BCUT2D eigenvalue weighted by molar-refractivity contribution is 5.82. The summed E-state index contributed by atoms with van der Waals surface area (Å²) >= 11 is 0. The summed E-state index contributed by atoms with van der Waals surface area (Å²) in [5.74, 6) is 0. The second kappa shape index (κ2) is 5.52. The van der Waals surface area contributed by atoms with E-state index in [4.69, 9.17) is 4.42 Å². The molecule has 116 valence electrons. The molecule has 0 saturated carbocycles. The van der Waals surface area contributed by atoms with Gasteiger partial charge in [-0.2, -0.15) is 0 Å². The lowest BCUT2D eigenvalue weighted by Crippen LogP contribution is -2.37. The summed E-state index contributed by atoms with van der Waals surface area (Å²) in [5, 5.41) is 10.9. The molecule has 1 aliphatic heterocycles. The van der Waals surface area contributed by atoms with Gasteiger partial charge in [-0.05, 0) is 67.5 Å². The van der Waals surface area contributed by atoms with Gasteiger partial charge in [0.25, 0.3) is 0 Å². The Hall–Kier alpha value is -1.65. The Morgan fingerprint density at radius 1 is 1.18 bits per heavy atom. The molecule has 2 aliphatic rings. The third-order valence-electron chi connectivity index (χ3n) is 4.92. The quantitative estimate of drug-likeness (QED) is 0.864. The van der Waals surface area contributed by atoms with Crippen molar-refractivity contribution in [3.05, 3.63) is 45.3 Å². The van der Waals surface area contributed by atoms with Gasteiger partial charge < -0.3 is 9.52 Å². The molecule has 0 bridgehead atoms. The molecule has 1 aromatic carbocycles. The monoisotopic (exact) mass is 299 g/mol. The van der Waals surface area contributed by atoms with Crippen molar-refractivity contribution in [2.75, 3.05) is 13.1 Å². The molecule has 1 N–H and O–H groups in total. The summed E-state index contributed by atoms with van der Waals surface area (Å²) in [6.45, 7) is 2.37. The zero-order valence-electron chi connectivity index (χ0n) is 12.7. The van der Waals surface area contributed by atoms with Crippen LogP contribution in [0.1, 0.15) is 36.0 Å². The van der Waals surface area contributed by atoms with Gasteiger partial charge in [-0.1, -0.05) is 0 Å². The van der Waals surface area contributed by atoms with E-state index in [2.05, 4.69) is 11.0 Å². The topological polar surface area (TPSA) is 53.7 Å². The Morgan fingerprint density at radius 2 is 2.00 bits per heavy atom. The van der Waals surface area contributed by atoms with Gasteiger partial charge in [-0.15, -0.1) is 0 Å². The Balaban J connectivity index is 1.74. The Kier molecular flexibility index (Phi) is 3.51. The second-order valence-electron chi connectivity index (χ2n) is 6.59. The summed E-state index contributed by atoms with van der Waals surface area (Å²) in [6, 6.07) is 5.87. The first-order valence-corrected chi connectivity index (χ1v) is 8.18. The number of likely N-dealkylation sites (tertiary alicyclic amines) is 1. The largest absolute Gasteiger partial charge is 0.423 e. The number of aryl methyl sites for hydroxylation is 2. The van der Waals surface area contributed by atoms with E-state index in [-0.39, 0.29) is 11.7 Å². The van der Waals surface area contributed by atoms with Crippen LogP contribution in [0.3, 0.4) is 0 Å². The number of fused-ring (bicyclic) bond motifs is 2. The van der Waals surface area contributed by atoms with E-state index in [1.54, 1.807) is 6.07 Å². The number of piperidine rings is 1. The van der Waals surface area contributed by atoms with E-state index in [1.165, 1.54) is 17.5 Å². The van der Waals surface area contributed by atoms with E-state index in [9.17, 15) is 9.90 Å². The average molecular weight is 299 g/mol. The number of β-amino-alcohol motifs (C(OH)–C–C–N with tert-alkyl or cyclic N) is 1. The van der Waals surface area contributed by atoms with E-state index >= 15 is 0 Å². The second-order valence-corrected chi connectivity index (χ2v) is 6.59. The van der Waals surface area contributed by atoms with Crippen LogP contribution in [0, 0.1) is 0 Å². The molecular formula is C18H21NO3. The molecule has 4 nitrogen and oxygen atoms in total. The van der Waals surface area contributed by atoms with E-state index < -0.39 is 0 Å². The summed E-state index contributed by atoms with van der Waals surface area (Å²) in [6.07, 6.45) is 5.02. The molecule has 1 fully saturated rings. The van der Waals surface area contributed by atoms with Crippen LogP contribution >= 0.6 is 0 Å². The molecule has 4 rings (SSSR count). The van der Waals surface area contributed by atoms with Crippen LogP contribution < -0.4 is 5.63 Å². The van der Waals surface area contributed by atoms with Crippen molar-refractivity contribution in [3.63, 3.8) is 0 Å². The minimum atomic E-state index is -0.280. The summed E-state index contributed by atoms with van der Waals surface area (Å²) < 4.78 is 5.41. The molecule has 1 aromatic heterocycles. The number of aliphatic hydroxyl groups excluding tert-OH is 1. The van der Waals surface area contributed by atoms with Gasteiger partial charge in [0, 0.05) is 24.5 Å². The Labute approximate surface area is 129 Å². The molecule has 2 heterocycles. The average Bonchev–Trinajstić information content (AvgIpc) is 2.92. The van der Waals surface area contributed by atoms with E-state index in [1.807, 2.05) is 6.07 Å². The Morgan fingerprint density at radius 3 is 2.82 bits per heavy atom. The van der Waals surface area contributed by atoms with Crippen LogP contribution in [-0.4, -0.2) is 29.2 Å². The molecule has 0 amide bonds. The fourth-order valence-corrected chi connectivity index (χ4v) is 3.84. The predicted molar refractivity (Wildman–Crippen MR) is 85.0 cm³/mol. The van der Waals surface area contributed by atoms with Crippen molar-refractivity contribution in [3.8, 4) is 0 Å². The van der Waals surface area contributed by atoms with Crippen molar-refractivity contribution in [1.82, 2.24) is 4.90 Å². The highest BCUT2D eigenvalue weighted by atomic mass is 16.4. The first-order valence-electron chi connectivity index (χ1n) is 8.18. The van der Waals surface area contributed by atoms with Crippen molar-refractivity contribution >= 4 is 11.0 Å². The summed E-state index contributed by atoms with van der Waals surface area (Å²) in [7, 11) is 0. The minimum absolute atomic E-state index is 0.246. The van der Waals surface area contributed by atoms with Crippen LogP contribution in [0.2, 0.25) is 0 Å². The van der Waals surface area contributed by atoms with Crippen LogP contribution in [-0.2, 0) is 19.4 Å². The predicted octanol–water partition coefficient (Wildman–Crippen LogP) is 2.24. The van der Waals surface area contributed by atoms with Crippen LogP contribution in [0.25, 0.3) is 11.0 Å². The summed E-state index contributed by atoms with van der Waals surface area (Å²) in [4.78, 5) is 14.1. The SMILES string of the molecule is O=c1cc(CN2CCCC(O)C2)c2cc3c(cc2o1)CCC3. The molecule has 4 heteroatoms. The van der Waals surface area contributed by atoms with Crippen molar-refractivity contribution in [2.24, 2.45) is 0 Å². The number of rotatable bonds is 2. The maximum atomic E-state index is 11.9. The van der Waals surface area contributed by atoms with Gasteiger partial charge in [0.1, 0.15) is 5.58 Å². The number of benzene rings is 1. The number of hydrogen-bond acceptors (Lipinski definition) is 4. The molecule has 0 radical (unpaired) electrons. The van der Waals surface area contributed by atoms with Crippen molar-refractivity contribution in [2.45, 2.75) is 44.8 Å². The van der Waals surface area contributed by atoms with Crippen LogP contribution in [0.15, 0.2) is 27.4 Å². The Bertz CT molecular complexity index is 765. The molecular weight excluding hydrogens is 278 g/mol.